The standard InChI is InChI=1S/C28H25N3O4S/c1-19-24(29-28(35-19)25-8-5-15-36-25)18-34-23-12-9-20(10-13-23)16-31-17-22(11-14-26(32)33)27(30-31)21-6-3-2-4-7-21/h2-10,12-13,15,17H,11,14,16,18H2,1H3,(H,32,33). The molecule has 0 saturated heterocycles. The van der Waals surface area contributed by atoms with Gasteiger partial charge in [0.1, 0.15) is 23.8 Å². The molecule has 0 atom stereocenters. The maximum Gasteiger partial charge on any atom is 0.303 e. The zero-order chi connectivity index (χ0) is 24.9. The number of carbonyl (C=O) groups is 1. The number of rotatable bonds is 10. The normalized spacial score (nSPS) is 11.0. The molecule has 5 rings (SSSR count). The molecule has 0 aliphatic heterocycles. The number of oxazole rings is 1. The first kappa shape index (κ1) is 23.6. The van der Waals surface area contributed by atoms with Crippen LogP contribution in [-0.2, 0) is 24.4 Å². The lowest BCUT2D eigenvalue weighted by Gasteiger charge is -2.07. The van der Waals surface area contributed by atoms with Crippen LogP contribution in [0.2, 0.25) is 0 Å². The molecule has 0 aliphatic rings. The first-order valence-corrected chi connectivity index (χ1v) is 12.5. The second kappa shape index (κ2) is 10.6. The Morgan fingerprint density at radius 3 is 2.61 bits per heavy atom. The van der Waals surface area contributed by atoms with Crippen LogP contribution in [-0.4, -0.2) is 25.8 Å². The molecule has 0 amide bonds. The van der Waals surface area contributed by atoms with Crippen molar-refractivity contribution >= 4 is 17.3 Å². The Morgan fingerprint density at radius 2 is 1.89 bits per heavy atom. The fourth-order valence-electron chi connectivity index (χ4n) is 3.90. The molecular formula is C28H25N3O4S. The first-order valence-electron chi connectivity index (χ1n) is 11.6. The SMILES string of the molecule is Cc1oc(-c2cccs2)nc1COc1ccc(Cn2cc(CCC(=O)O)c(-c3ccccc3)n2)cc1. The minimum Gasteiger partial charge on any atom is -0.487 e. The summed E-state index contributed by atoms with van der Waals surface area (Å²) in [4.78, 5) is 16.7. The zero-order valence-corrected chi connectivity index (χ0v) is 20.6. The maximum atomic E-state index is 11.1. The van der Waals surface area contributed by atoms with Gasteiger partial charge in [0.15, 0.2) is 0 Å². The largest absolute Gasteiger partial charge is 0.487 e. The summed E-state index contributed by atoms with van der Waals surface area (Å²) in [5, 5.41) is 15.9. The highest BCUT2D eigenvalue weighted by Crippen LogP contribution is 2.27. The molecule has 182 valence electrons. The molecule has 0 unspecified atom stereocenters. The average molecular weight is 500 g/mol. The second-order valence-electron chi connectivity index (χ2n) is 8.39. The number of carboxylic acids is 1. The van der Waals surface area contributed by atoms with E-state index in [0.717, 1.165) is 44.5 Å². The van der Waals surface area contributed by atoms with E-state index < -0.39 is 5.97 Å². The molecule has 0 aliphatic carbocycles. The number of carboxylic acid groups (broad SMARTS) is 1. The molecule has 5 aromatic rings. The number of hydrogen-bond donors (Lipinski definition) is 1. The number of aryl methyl sites for hydroxylation is 2. The summed E-state index contributed by atoms with van der Waals surface area (Å²) in [7, 11) is 0. The number of hydrogen-bond acceptors (Lipinski definition) is 6. The fraction of sp³-hybridized carbons (Fsp3) is 0.179. The lowest BCUT2D eigenvalue weighted by atomic mass is 10.0. The quantitative estimate of drug-likeness (QED) is 0.245. The van der Waals surface area contributed by atoms with Gasteiger partial charge in [0.2, 0.25) is 5.89 Å². The lowest BCUT2D eigenvalue weighted by Crippen LogP contribution is -2.01. The third-order valence-corrected chi connectivity index (χ3v) is 6.62. The van der Waals surface area contributed by atoms with Crippen LogP contribution >= 0.6 is 11.3 Å². The molecule has 0 radical (unpaired) electrons. The summed E-state index contributed by atoms with van der Waals surface area (Å²) >= 11 is 1.59. The number of benzene rings is 2. The maximum absolute atomic E-state index is 11.1. The smallest absolute Gasteiger partial charge is 0.303 e. The Kier molecular flexibility index (Phi) is 6.95. The molecule has 1 N–H and O–H groups in total. The average Bonchev–Trinajstić information content (AvgIpc) is 3.63. The monoisotopic (exact) mass is 499 g/mol. The van der Waals surface area contributed by atoms with E-state index in [2.05, 4.69) is 4.98 Å². The number of nitrogens with zero attached hydrogens (tertiary/aromatic N) is 3. The molecule has 8 heteroatoms. The van der Waals surface area contributed by atoms with Gasteiger partial charge in [-0.3, -0.25) is 9.48 Å². The molecule has 0 saturated carbocycles. The molecule has 3 heterocycles. The van der Waals surface area contributed by atoms with Crippen molar-refractivity contribution in [2.45, 2.75) is 32.9 Å². The number of aliphatic carboxylic acids is 1. The predicted molar refractivity (Wildman–Crippen MR) is 138 cm³/mol. The summed E-state index contributed by atoms with van der Waals surface area (Å²) < 4.78 is 13.6. The van der Waals surface area contributed by atoms with Crippen molar-refractivity contribution in [3.8, 4) is 27.8 Å². The van der Waals surface area contributed by atoms with Gasteiger partial charge in [0.25, 0.3) is 0 Å². The van der Waals surface area contributed by atoms with Crippen LogP contribution in [0.1, 0.15) is 29.0 Å². The van der Waals surface area contributed by atoms with Gasteiger partial charge >= 0.3 is 5.97 Å². The van der Waals surface area contributed by atoms with Crippen LogP contribution < -0.4 is 4.74 Å². The summed E-state index contributed by atoms with van der Waals surface area (Å²) in [6, 6.07) is 21.7. The van der Waals surface area contributed by atoms with E-state index in [-0.39, 0.29) is 6.42 Å². The summed E-state index contributed by atoms with van der Waals surface area (Å²) in [5.41, 5.74) is 4.56. The molecule has 36 heavy (non-hydrogen) atoms. The van der Waals surface area contributed by atoms with E-state index in [1.54, 1.807) is 11.3 Å². The predicted octanol–water partition coefficient (Wildman–Crippen LogP) is 6.22. The topological polar surface area (TPSA) is 90.4 Å². The van der Waals surface area contributed by atoms with Crippen molar-refractivity contribution in [2.75, 3.05) is 0 Å². The summed E-state index contributed by atoms with van der Waals surface area (Å²) in [6.45, 7) is 2.79. The Labute approximate surface area is 212 Å². The van der Waals surface area contributed by atoms with Crippen LogP contribution in [0.4, 0.5) is 0 Å². The van der Waals surface area contributed by atoms with Crippen LogP contribution in [0.5, 0.6) is 5.75 Å². The van der Waals surface area contributed by atoms with E-state index in [0.29, 0.717) is 25.5 Å². The van der Waals surface area contributed by atoms with Gasteiger partial charge in [0.05, 0.1) is 17.1 Å². The minimum atomic E-state index is -0.819. The molecule has 0 spiro atoms. The Morgan fingerprint density at radius 1 is 1.08 bits per heavy atom. The van der Waals surface area contributed by atoms with Gasteiger partial charge in [-0.25, -0.2) is 4.98 Å². The first-order chi connectivity index (χ1) is 17.5. The molecular weight excluding hydrogens is 474 g/mol. The van der Waals surface area contributed by atoms with Gasteiger partial charge < -0.3 is 14.3 Å². The third kappa shape index (κ3) is 5.55. The van der Waals surface area contributed by atoms with E-state index >= 15 is 0 Å². The Hall–Kier alpha value is -4.17. The van der Waals surface area contributed by atoms with Crippen LogP contribution in [0, 0.1) is 6.92 Å². The van der Waals surface area contributed by atoms with Gasteiger partial charge in [-0.15, -0.1) is 11.3 Å². The Balaban J connectivity index is 1.25. The fourth-order valence-corrected chi connectivity index (χ4v) is 4.55. The number of aromatic nitrogens is 3. The Bertz CT molecular complexity index is 1440. The van der Waals surface area contributed by atoms with Crippen LogP contribution in [0.3, 0.4) is 0 Å². The summed E-state index contributed by atoms with van der Waals surface area (Å²) in [6.07, 6.45) is 2.44. The highest BCUT2D eigenvalue weighted by atomic mass is 32.1. The molecule has 0 bridgehead atoms. The number of thiophene rings is 1. The van der Waals surface area contributed by atoms with Crippen LogP contribution in [0.15, 0.2) is 82.7 Å². The highest BCUT2D eigenvalue weighted by molar-refractivity contribution is 7.13. The second-order valence-corrected chi connectivity index (χ2v) is 9.34. The van der Waals surface area contributed by atoms with Crippen molar-refractivity contribution in [1.29, 1.82) is 0 Å². The van der Waals surface area contributed by atoms with E-state index in [1.807, 2.05) is 89.9 Å². The van der Waals surface area contributed by atoms with Gasteiger partial charge in [-0.05, 0) is 48.1 Å². The molecule has 3 aromatic heterocycles. The van der Waals surface area contributed by atoms with Crippen LogP contribution in [0.25, 0.3) is 22.0 Å². The lowest BCUT2D eigenvalue weighted by molar-refractivity contribution is -0.136. The van der Waals surface area contributed by atoms with E-state index in [9.17, 15) is 4.79 Å². The van der Waals surface area contributed by atoms with E-state index in [1.165, 1.54) is 0 Å². The minimum absolute atomic E-state index is 0.0668. The molecule has 7 nitrogen and oxygen atoms in total. The van der Waals surface area contributed by atoms with Crippen molar-refractivity contribution in [3.05, 3.63) is 101 Å². The van der Waals surface area contributed by atoms with Crippen molar-refractivity contribution in [3.63, 3.8) is 0 Å². The van der Waals surface area contributed by atoms with Crippen molar-refractivity contribution in [2.24, 2.45) is 0 Å². The number of ether oxygens (including phenoxy) is 1. The zero-order valence-electron chi connectivity index (χ0n) is 19.8. The molecule has 2 aromatic carbocycles. The van der Waals surface area contributed by atoms with Crippen molar-refractivity contribution < 1.29 is 19.1 Å². The third-order valence-electron chi connectivity index (χ3n) is 5.76. The van der Waals surface area contributed by atoms with Gasteiger partial charge in [-0.2, -0.15) is 5.10 Å². The van der Waals surface area contributed by atoms with E-state index in [4.69, 9.17) is 19.4 Å². The van der Waals surface area contributed by atoms with Gasteiger partial charge in [-0.1, -0.05) is 48.5 Å². The highest BCUT2D eigenvalue weighted by Gasteiger charge is 2.14. The summed E-state index contributed by atoms with van der Waals surface area (Å²) in [5.74, 6) is 1.29. The van der Waals surface area contributed by atoms with Gasteiger partial charge in [0, 0.05) is 18.2 Å². The molecule has 0 fully saturated rings. The van der Waals surface area contributed by atoms with Crippen molar-refractivity contribution in [1.82, 2.24) is 14.8 Å².